The molecular formula is C22H21N3O2. The summed E-state index contributed by atoms with van der Waals surface area (Å²) in [5, 5.41) is 2.99. The van der Waals surface area contributed by atoms with Crippen LogP contribution in [0.25, 0.3) is 0 Å². The number of urea groups is 1. The van der Waals surface area contributed by atoms with Gasteiger partial charge in [0.25, 0.3) is 0 Å². The van der Waals surface area contributed by atoms with E-state index in [1.165, 1.54) is 0 Å². The van der Waals surface area contributed by atoms with Crippen LogP contribution in [0.5, 0.6) is 11.5 Å². The predicted octanol–water partition coefficient (Wildman–Crippen LogP) is 5.24. The van der Waals surface area contributed by atoms with Crippen molar-refractivity contribution in [3.05, 3.63) is 84.7 Å². The lowest BCUT2D eigenvalue weighted by molar-refractivity contribution is 0.207. The topological polar surface area (TPSA) is 54.5 Å². The third-order valence-corrected chi connectivity index (χ3v) is 4.69. The Morgan fingerprint density at radius 1 is 0.963 bits per heavy atom. The number of benzene rings is 2. The first-order valence-corrected chi connectivity index (χ1v) is 9.10. The molecule has 2 aromatic carbocycles. The van der Waals surface area contributed by atoms with E-state index in [0.29, 0.717) is 0 Å². The van der Waals surface area contributed by atoms with E-state index in [9.17, 15) is 4.79 Å². The highest BCUT2D eigenvalue weighted by Crippen LogP contribution is 2.32. The van der Waals surface area contributed by atoms with Gasteiger partial charge in [-0.3, -0.25) is 4.98 Å². The Balaban J connectivity index is 1.40. The van der Waals surface area contributed by atoms with Crippen LogP contribution >= 0.6 is 0 Å². The molecule has 0 aliphatic carbocycles. The van der Waals surface area contributed by atoms with Crippen molar-refractivity contribution in [1.82, 2.24) is 9.88 Å². The van der Waals surface area contributed by atoms with Crippen molar-refractivity contribution < 1.29 is 9.53 Å². The summed E-state index contributed by atoms with van der Waals surface area (Å²) in [6, 6.07) is 21.0. The Labute approximate surface area is 158 Å². The van der Waals surface area contributed by atoms with Crippen LogP contribution < -0.4 is 10.1 Å². The number of ether oxygens (including phenoxy) is 1. The molecule has 0 radical (unpaired) electrons. The van der Waals surface area contributed by atoms with Crippen LogP contribution in [0.1, 0.15) is 24.4 Å². The standard InChI is InChI=1S/C22H21N3O2/c26-22(25-16-4-7-21(25)17-12-14-23-15-13-17)24-18-8-10-20(11-9-18)27-19-5-2-1-3-6-19/h1-3,5-6,8-15,21H,4,7,16H2,(H,24,26). The van der Waals surface area contributed by atoms with Gasteiger partial charge in [0, 0.05) is 24.6 Å². The minimum atomic E-state index is -0.0777. The smallest absolute Gasteiger partial charge is 0.322 e. The molecular weight excluding hydrogens is 338 g/mol. The number of nitrogens with zero attached hydrogens (tertiary/aromatic N) is 2. The van der Waals surface area contributed by atoms with Crippen molar-refractivity contribution in [2.75, 3.05) is 11.9 Å². The molecule has 3 aromatic rings. The van der Waals surface area contributed by atoms with E-state index < -0.39 is 0 Å². The Morgan fingerprint density at radius 2 is 1.67 bits per heavy atom. The number of pyridine rings is 1. The first kappa shape index (κ1) is 17.1. The third kappa shape index (κ3) is 4.08. The number of para-hydroxylation sites is 1. The molecule has 5 nitrogen and oxygen atoms in total. The predicted molar refractivity (Wildman–Crippen MR) is 105 cm³/mol. The monoisotopic (exact) mass is 359 g/mol. The second kappa shape index (κ2) is 7.91. The number of amides is 2. The lowest BCUT2D eigenvalue weighted by atomic mass is 10.1. The molecule has 27 heavy (non-hydrogen) atoms. The van der Waals surface area contributed by atoms with Gasteiger partial charge in [-0.2, -0.15) is 0 Å². The molecule has 1 atom stereocenters. The molecule has 1 unspecified atom stereocenters. The highest BCUT2D eigenvalue weighted by atomic mass is 16.5. The molecule has 5 heteroatoms. The fourth-order valence-electron chi connectivity index (χ4n) is 3.37. The van der Waals surface area contributed by atoms with Gasteiger partial charge in [0.05, 0.1) is 6.04 Å². The lowest BCUT2D eigenvalue weighted by Crippen LogP contribution is -2.34. The highest BCUT2D eigenvalue weighted by Gasteiger charge is 2.29. The van der Waals surface area contributed by atoms with Gasteiger partial charge in [-0.1, -0.05) is 18.2 Å². The van der Waals surface area contributed by atoms with Gasteiger partial charge in [0.2, 0.25) is 0 Å². The summed E-state index contributed by atoms with van der Waals surface area (Å²) < 4.78 is 5.78. The van der Waals surface area contributed by atoms with Crippen LogP contribution in [0.15, 0.2) is 79.1 Å². The normalized spacial score (nSPS) is 16.1. The Morgan fingerprint density at radius 3 is 2.41 bits per heavy atom. The van der Waals surface area contributed by atoms with Gasteiger partial charge in [-0.15, -0.1) is 0 Å². The maximum absolute atomic E-state index is 12.7. The number of nitrogens with one attached hydrogen (secondary N) is 1. The summed E-state index contributed by atoms with van der Waals surface area (Å²) in [5.41, 5.74) is 1.88. The Bertz CT molecular complexity index is 882. The average Bonchev–Trinajstić information content (AvgIpc) is 3.21. The van der Waals surface area contributed by atoms with Crippen LogP contribution in [-0.4, -0.2) is 22.5 Å². The van der Waals surface area contributed by atoms with Crippen molar-refractivity contribution in [1.29, 1.82) is 0 Å². The largest absolute Gasteiger partial charge is 0.457 e. The third-order valence-electron chi connectivity index (χ3n) is 4.69. The molecule has 136 valence electrons. The van der Waals surface area contributed by atoms with Crippen molar-refractivity contribution in [3.8, 4) is 11.5 Å². The zero-order chi connectivity index (χ0) is 18.5. The highest BCUT2D eigenvalue weighted by molar-refractivity contribution is 5.89. The number of carbonyl (C=O) groups is 1. The van der Waals surface area contributed by atoms with Gasteiger partial charge < -0.3 is 15.0 Å². The van der Waals surface area contributed by atoms with Crippen molar-refractivity contribution in [2.24, 2.45) is 0 Å². The van der Waals surface area contributed by atoms with E-state index in [4.69, 9.17) is 4.74 Å². The first-order chi connectivity index (χ1) is 13.3. The number of rotatable bonds is 4. The minimum absolute atomic E-state index is 0.0777. The number of hydrogen-bond donors (Lipinski definition) is 1. The van der Waals surface area contributed by atoms with Crippen LogP contribution in [0, 0.1) is 0 Å². The molecule has 1 aliphatic rings. The number of anilines is 1. The molecule has 1 fully saturated rings. The number of carbonyl (C=O) groups excluding carboxylic acids is 1. The van der Waals surface area contributed by atoms with Crippen LogP contribution in [0.4, 0.5) is 10.5 Å². The number of likely N-dealkylation sites (tertiary alicyclic amines) is 1. The van der Waals surface area contributed by atoms with E-state index >= 15 is 0 Å². The lowest BCUT2D eigenvalue weighted by Gasteiger charge is -2.25. The molecule has 1 saturated heterocycles. The van der Waals surface area contributed by atoms with Crippen LogP contribution in [0.3, 0.4) is 0 Å². The molecule has 0 saturated carbocycles. The fraction of sp³-hybridized carbons (Fsp3) is 0.182. The molecule has 1 aromatic heterocycles. The van der Waals surface area contributed by atoms with E-state index in [2.05, 4.69) is 10.3 Å². The van der Waals surface area contributed by atoms with E-state index in [-0.39, 0.29) is 12.1 Å². The molecule has 4 rings (SSSR count). The zero-order valence-electron chi connectivity index (χ0n) is 14.9. The molecule has 0 bridgehead atoms. The second-order valence-corrected chi connectivity index (χ2v) is 6.50. The van der Waals surface area contributed by atoms with Gasteiger partial charge in [0.15, 0.2) is 0 Å². The molecule has 2 amide bonds. The molecule has 2 heterocycles. The van der Waals surface area contributed by atoms with Crippen LogP contribution in [-0.2, 0) is 0 Å². The fourth-order valence-corrected chi connectivity index (χ4v) is 3.37. The van der Waals surface area contributed by atoms with Crippen LogP contribution in [0.2, 0.25) is 0 Å². The zero-order valence-corrected chi connectivity index (χ0v) is 14.9. The maximum atomic E-state index is 12.7. The quantitative estimate of drug-likeness (QED) is 0.693. The minimum Gasteiger partial charge on any atom is -0.457 e. The SMILES string of the molecule is O=C(Nc1ccc(Oc2ccccc2)cc1)N1CCCC1c1ccncc1. The second-order valence-electron chi connectivity index (χ2n) is 6.50. The van der Waals surface area contributed by atoms with E-state index in [0.717, 1.165) is 42.1 Å². The van der Waals surface area contributed by atoms with Crippen molar-refractivity contribution >= 4 is 11.7 Å². The Kier molecular flexibility index (Phi) is 5.01. The van der Waals surface area contributed by atoms with Gasteiger partial charge in [0.1, 0.15) is 11.5 Å². The number of aromatic nitrogens is 1. The summed E-state index contributed by atoms with van der Waals surface area (Å²) in [5.74, 6) is 1.52. The molecule has 0 spiro atoms. The summed E-state index contributed by atoms with van der Waals surface area (Å²) in [7, 11) is 0. The summed E-state index contributed by atoms with van der Waals surface area (Å²) in [4.78, 5) is 18.7. The van der Waals surface area contributed by atoms with Crippen molar-refractivity contribution in [3.63, 3.8) is 0 Å². The summed E-state index contributed by atoms with van der Waals surface area (Å²) in [6.07, 6.45) is 5.52. The maximum Gasteiger partial charge on any atom is 0.322 e. The first-order valence-electron chi connectivity index (χ1n) is 9.10. The summed E-state index contributed by atoms with van der Waals surface area (Å²) in [6.45, 7) is 0.758. The Hall–Kier alpha value is -3.34. The van der Waals surface area contributed by atoms with Gasteiger partial charge >= 0.3 is 6.03 Å². The average molecular weight is 359 g/mol. The van der Waals surface area contributed by atoms with Gasteiger partial charge in [-0.05, 0) is 66.9 Å². The molecule has 1 N–H and O–H groups in total. The van der Waals surface area contributed by atoms with E-state index in [1.807, 2.05) is 71.6 Å². The van der Waals surface area contributed by atoms with Crippen molar-refractivity contribution in [2.45, 2.75) is 18.9 Å². The van der Waals surface area contributed by atoms with E-state index in [1.54, 1.807) is 12.4 Å². The summed E-state index contributed by atoms with van der Waals surface area (Å²) >= 11 is 0. The number of hydrogen-bond acceptors (Lipinski definition) is 3. The van der Waals surface area contributed by atoms with Gasteiger partial charge in [-0.25, -0.2) is 4.79 Å². The molecule has 1 aliphatic heterocycles.